The molecule has 0 spiro atoms. The molecule has 0 radical (unpaired) electrons. The zero-order valence-corrected chi connectivity index (χ0v) is 16.9. The van der Waals surface area contributed by atoms with Crippen molar-refractivity contribution in [3.8, 4) is 0 Å². The van der Waals surface area contributed by atoms with E-state index < -0.39 is 41.4 Å². The summed E-state index contributed by atoms with van der Waals surface area (Å²) in [6.45, 7) is 7.30. The van der Waals surface area contributed by atoms with Crippen molar-refractivity contribution >= 4 is 27.9 Å². The van der Waals surface area contributed by atoms with Crippen LogP contribution in [0.4, 0.5) is 18.0 Å². The molecule has 27 heavy (non-hydrogen) atoms. The van der Waals surface area contributed by atoms with Crippen LogP contribution in [0.25, 0.3) is 0 Å². The first-order chi connectivity index (χ1) is 12.3. The van der Waals surface area contributed by atoms with Crippen molar-refractivity contribution in [1.82, 2.24) is 9.80 Å². The smallest absolute Gasteiger partial charge is 0.417 e. The second-order valence-electron chi connectivity index (χ2n) is 7.77. The maximum absolute atomic E-state index is 13.5. The largest absolute Gasteiger partial charge is 0.444 e. The van der Waals surface area contributed by atoms with E-state index in [1.807, 2.05) is 0 Å². The van der Waals surface area contributed by atoms with Gasteiger partial charge in [-0.1, -0.05) is 15.9 Å². The molecule has 2 amide bonds. The summed E-state index contributed by atoms with van der Waals surface area (Å²) in [5.74, 6) is -0.648. The summed E-state index contributed by atoms with van der Waals surface area (Å²) < 4.78 is 46.1. The van der Waals surface area contributed by atoms with Gasteiger partial charge in [0, 0.05) is 17.6 Å². The van der Waals surface area contributed by atoms with Crippen molar-refractivity contribution in [2.24, 2.45) is 0 Å². The van der Waals surface area contributed by atoms with Crippen LogP contribution in [0.15, 0.2) is 16.6 Å². The van der Waals surface area contributed by atoms with Crippen molar-refractivity contribution < 1.29 is 27.5 Å². The normalized spacial score (nSPS) is 22.6. The lowest BCUT2D eigenvalue weighted by Gasteiger charge is -2.43. The fourth-order valence-electron chi connectivity index (χ4n) is 3.69. The number of fused-ring (bicyclic) bond motifs is 3. The Kier molecular flexibility index (Phi) is 4.73. The highest BCUT2D eigenvalue weighted by atomic mass is 79.9. The molecule has 148 valence electrons. The number of hydrogen-bond acceptors (Lipinski definition) is 3. The topological polar surface area (TPSA) is 49.9 Å². The van der Waals surface area contributed by atoms with Crippen molar-refractivity contribution in [2.45, 2.75) is 51.6 Å². The highest BCUT2D eigenvalue weighted by Gasteiger charge is 2.50. The maximum Gasteiger partial charge on any atom is 0.417 e. The number of ether oxygens (including phenoxy) is 1. The van der Waals surface area contributed by atoms with Crippen molar-refractivity contribution in [3.05, 3.63) is 33.3 Å². The van der Waals surface area contributed by atoms with Crippen LogP contribution in [-0.4, -0.2) is 46.5 Å². The number of benzene rings is 1. The van der Waals surface area contributed by atoms with E-state index in [2.05, 4.69) is 15.9 Å². The van der Waals surface area contributed by atoms with Crippen LogP contribution < -0.4 is 0 Å². The van der Waals surface area contributed by atoms with E-state index in [4.69, 9.17) is 4.74 Å². The first-order valence-corrected chi connectivity index (χ1v) is 9.32. The van der Waals surface area contributed by atoms with Crippen LogP contribution in [0, 0.1) is 0 Å². The number of hydrogen-bond donors (Lipinski definition) is 0. The molecule has 2 atom stereocenters. The summed E-state index contributed by atoms with van der Waals surface area (Å²) in [4.78, 5) is 28.1. The Bertz CT molecular complexity index is 804. The molecule has 1 saturated heterocycles. The highest BCUT2D eigenvalue weighted by molar-refractivity contribution is 9.10. The molecule has 0 saturated carbocycles. The van der Waals surface area contributed by atoms with Gasteiger partial charge >= 0.3 is 12.3 Å². The summed E-state index contributed by atoms with van der Waals surface area (Å²) in [5.41, 5.74) is -1.69. The Morgan fingerprint density at radius 1 is 1.22 bits per heavy atom. The predicted octanol–water partition coefficient (Wildman–Crippen LogP) is 4.60. The van der Waals surface area contributed by atoms with E-state index in [0.29, 0.717) is 0 Å². The van der Waals surface area contributed by atoms with E-state index in [0.717, 1.165) is 6.07 Å². The molecule has 0 N–H and O–H groups in total. The monoisotopic (exact) mass is 448 g/mol. The summed E-state index contributed by atoms with van der Waals surface area (Å²) >= 11 is 3.11. The Labute approximate surface area is 163 Å². The minimum Gasteiger partial charge on any atom is -0.444 e. The molecule has 2 unspecified atom stereocenters. The summed E-state index contributed by atoms with van der Waals surface area (Å²) in [7, 11) is 0. The predicted molar refractivity (Wildman–Crippen MR) is 95.3 cm³/mol. The molecule has 1 aromatic rings. The maximum atomic E-state index is 13.5. The van der Waals surface area contributed by atoms with Gasteiger partial charge < -0.3 is 14.5 Å². The molecule has 0 aromatic heterocycles. The van der Waals surface area contributed by atoms with Crippen LogP contribution in [0.3, 0.4) is 0 Å². The van der Waals surface area contributed by atoms with Crippen LogP contribution in [0.1, 0.15) is 55.2 Å². The molecule has 0 bridgehead atoms. The van der Waals surface area contributed by atoms with Gasteiger partial charge in [-0.25, -0.2) is 4.79 Å². The molecule has 5 nitrogen and oxygen atoms in total. The lowest BCUT2D eigenvalue weighted by molar-refractivity contribution is -0.138. The van der Waals surface area contributed by atoms with Gasteiger partial charge in [0.05, 0.1) is 23.2 Å². The molecular weight excluding hydrogens is 429 g/mol. The van der Waals surface area contributed by atoms with Crippen LogP contribution in [0.5, 0.6) is 0 Å². The molecule has 9 heteroatoms. The summed E-state index contributed by atoms with van der Waals surface area (Å²) in [6.07, 6.45) is -5.19. The second-order valence-corrected chi connectivity index (χ2v) is 8.69. The van der Waals surface area contributed by atoms with E-state index in [9.17, 15) is 22.8 Å². The number of rotatable bonds is 0. The molecule has 2 heterocycles. The van der Waals surface area contributed by atoms with E-state index in [-0.39, 0.29) is 28.7 Å². The quantitative estimate of drug-likeness (QED) is 0.582. The average Bonchev–Trinajstić information content (AvgIpc) is 2.77. The van der Waals surface area contributed by atoms with Gasteiger partial charge in [-0.15, -0.1) is 0 Å². The molecule has 2 aliphatic heterocycles. The second kappa shape index (κ2) is 6.39. The summed E-state index contributed by atoms with van der Waals surface area (Å²) in [6, 6.07) is 1.29. The molecule has 1 aromatic carbocycles. The van der Waals surface area contributed by atoms with Gasteiger partial charge in [0.1, 0.15) is 5.60 Å². The fraction of sp³-hybridized carbons (Fsp3) is 0.556. The SMILES string of the molecule is CC1C2c3cc(Br)cc(C(F)(F)F)c3C(=O)N2CCN1C(=O)OC(C)(C)C. The van der Waals surface area contributed by atoms with Gasteiger partial charge in [-0.3, -0.25) is 4.79 Å². The molecular formula is C18H20BrF3N2O3. The zero-order valence-electron chi connectivity index (χ0n) is 15.4. The van der Waals surface area contributed by atoms with Crippen molar-refractivity contribution in [3.63, 3.8) is 0 Å². The number of carbonyl (C=O) groups excluding carboxylic acids is 2. The van der Waals surface area contributed by atoms with Crippen LogP contribution in [-0.2, 0) is 10.9 Å². The van der Waals surface area contributed by atoms with Crippen molar-refractivity contribution in [2.75, 3.05) is 13.1 Å². The summed E-state index contributed by atoms with van der Waals surface area (Å²) in [5, 5.41) is 0. The van der Waals surface area contributed by atoms with Crippen LogP contribution >= 0.6 is 15.9 Å². The van der Waals surface area contributed by atoms with Gasteiger partial charge in [-0.2, -0.15) is 13.2 Å². The fourth-order valence-corrected chi connectivity index (χ4v) is 4.17. The third-order valence-corrected chi connectivity index (χ3v) is 5.18. The first kappa shape index (κ1) is 20.0. The Morgan fingerprint density at radius 3 is 2.41 bits per heavy atom. The number of halogens is 4. The average molecular weight is 449 g/mol. The molecule has 2 aliphatic rings. The minimum atomic E-state index is -4.65. The van der Waals surface area contributed by atoms with Gasteiger partial charge in [0.25, 0.3) is 5.91 Å². The van der Waals surface area contributed by atoms with E-state index >= 15 is 0 Å². The van der Waals surface area contributed by atoms with Gasteiger partial charge in [0.2, 0.25) is 0 Å². The van der Waals surface area contributed by atoms with E-state index in [1.165, 1.54) is 15.9 Å². The van der Waals surface area contributed by atoms with E-state index in [1.54, 1.807) is 27.7 Å². The number of carbonyl (C=O) groups is 2. The minimum absolute atomic E-state index is 0.149. The van der Waals surface area contributed by atoms with Gasteiger partial charge in [0.15, 0.2) is 0 Å². The molecule has 1 fully saturated rings. The Balaban J connectivity index is 2.03. The zero-order chi connectivity index (χ0) is 20.3. The molecule has 0 aliphatic carbocycles. The Hall–Kier alpha value is -1.77. The number of piperazine rings is 1. The van der Waals surface area contributed by atoms with Gasteiger partial charge in [-0.05, 0) is 45.4 Å². The lowest BCUT2D eigenvalue weighted by atomic mass is 9.94. The molecule has 3 rings (SSSR count). The van der Waals surface area contributed by atoms with Crippen LogP contribution in [0.2, 0.25) is 0 Å². The Morgan fingerprint density at radius 2 is 1.85 bits per heavy atom. The highest BCUT2D eigenvalue weighted by Crippen LogP contribution is 2.46. The van der Waals surface area contributed by atoms with Crippen molar-refractivity contribution in [1.29, 1.82) is 0 Å². The number of nitrogens with zero attached hydrogens (tertiary/aromatic N) is 2. The lowest BCUT2D eigenvalue weighted by Crippen LogP contribution is -2.55. The third kappa shape index (κ3) is 3.53. The number of amides is 2. The first-order valence-electron chi connectivity index (χ1n) is 8.52. The number of alkyl halides is 3. The standard InChI is InChI=1S/C18H20BrF3N2O3/c1-9-14-11-7-10(19)8-12(18(20,21)22)13(11)15(25)24(14)6-5-23(9)16(26)27-17(2,3)4/h7-9,14H,5-6H2,1-4H3. The third-order valence-electron chi connectivity index (χ3n) is 4.73.